The number of benzene rings is 1. The number of anilines is 2. The van der Waals surface area contributed by atoms with Gasteiger partial charge in [0, 0.05) is 11.8 Å². The van der Waals surface area contributed by atoms with Crippen LogP contribution in [0.2, 0.25) is 0 Å². The number of hydrogen-bond donors (Lipinski definition) is 2. The van der Waals surface area contributed by atoms with E-state index in [1.54, 1.807) is 6.20 Å². The summed E-state index contributed by atoms with van der Waals surface area (Å²) < 4.78 is 32.5. The van der Waals surface area contributed by atoms with Crippen molar-refractivity contribution in [2.75, 3.05) is 12.4 Å². The number of carbonyl (C=O) groups is 1. The molecule has 3 rings (SSSR count). The number of H-pyrrole nitrogens is 1. The van der Waals surface area contributed by atoms with Crippen LogP contribution in [0, 0.1) is 11.6 Å². The molecule has 0 spiro atoms. The van der Waals surface area contributed by atoms with E-state index in [9.17, 15) is 13.6 Å². The Morgan fingerprint density at radius 1 is 1.25 bits per heavy atom. The van der Waals surface area contributed by atoms with E-state index >= 15 is 0 Å². The standard InChI is InChI=1S/C15H11F2N5O2/c1-24-14(23)10-3-2-8(4-11(10)16)13-12(17)7-18-15(22-13)21-9-5-19-20-6-9/h2-7H,1H3,(H,19,20)(H,18,21,22). The van der Waals surface area contributed by atoms with Crippen molar-refractivity contribution in [3.63, 3.8) is 0 Å². The summed E-state index contributed by atoms with van der Waals surface area (Å²) in [5.74, 6) is -2.26. The average molecular weight is 331 g/mol. The van der Waals surface area contributed by atoms with E-state index in [0.29, 0.717) is 5.69 Å². The number of rotatable bonds is 4. The molecule has 0 radical (unpaired) electrons. The molecule has 0 aliphatic carbocycles. The molecule has 0 unspecified atom stereocenters. The maximum absolute atomic E-state index is 14.0. The van der Waals surface area contributed by atoms with E-state index in [2.05, 4.69) is 30.2 Å². The van der Waals surface area contributed by atoms with Crippen molar-refractivity contribution in [1.82, 2.24) is 20.2 Å². The summed E-state index contributed by atoms with van der Waals surface area (Å²) in [6.45, 7) is 0. The molecule has 1 aromatic carbocycles. The zero-order valence-electron chi connectivity index (χ0n) is 12.4. The van der Waals surface area contributed by atoms with Crippen molar-refractivity contribution >= 4 is 17.6 Å². The highest BCUT2D eigenvalue weighted by atomic mass is 19.1. The lowest BCUT2D eigenvalue weighted by Gasteiger charge is -2.08. The Morgan fingerprint density at radius 2 is 2.08 bits per heavy atom. The Hall–Kier alpha value is -3.36. The molecule has 0 saturated heterocycles. The van der Waals surface area contributed by atoms with Gasteiger partial charge in [0.2, 0.25) is 5.95 Å². The summed E-state index contributed by atoms with van der Waals surface area (Å²) in [4.78, 5) is 19.2. The van der Waals surface area contributed by atoms with Crippen LogP contribution in [0.1, 0.15) is 10.4 Å². The van der Waals surface area contributed by atoms with Gasteiger partial charge in [0.25, 0.3) is 0 Å². The van der Waals surface area contributed by atoms with Crippen molar-refractivity contribution in [1.29, 1.82) is 0 Å². The molecule has 0 amide bonds. The molecule has 0 aliphatic heterocycles. The lowest BCUT2D eigenvalue weighted by atomic mass is 10.1. The number of aromatic nitrogens is 4. The summed E-state index contributed by atoms with van der Waals surface area (Å²) in [6.07, 6.45) is 4.03. The Bertz CT molecular complexity index is 884. The highest BCUT2D eigenvalue weighted by Gasteiger charge is 2.16. The Kier molecular flexibility index (Phi) is 4.15. The van der Waals surface area contributed by atoms with Crippen LogP contribution in [0.4, 0.5) is 20.4 Å². The van der Waals surface area contributed by atoms with Gasteiger partial charge in [0.15, 0.2) is 5.82 Å². The number of aromatic amines is 1. The van der Waals surface area contributed by atoms with Crippen LogP contribution in [0.5, 0.6) is 0 Å². The van der Waals surface area contributed by atoms with Gasteiger partial charge in [-0.05, 0) is 12.1 Å². The summed E-state index contributed by atoms with van der Waals surface area (Å²) in [7, 11) is 1.15. The molecule has 2 heterocycles. The van der Waals surface area contributed by atoms with E-state index in [4.69, 9.17) is 0 Å². The van der Waals surface area contributed by atoms with Crippen LogP contribution in [-0.2, 0) is 4.74 Å². The number of esters is 1. The summed E-state index contributed by atoms with van der Waals surface area (Å²) in [6, 6.07) is 3.60. The van der Waals surface area contributed by atoms with Crippen molar-refractivity contribution in [2.45, 2.75) is 0 Å². The van der Waals surface area contributed by atoms with Gasteiger partial charge in [-0.3, -0.25) is 5.10 Å². The average Bonchev–Trinajstić information content (AvgIpc) is 3.09. The molecule has 122 valence electrons. The third-order valence-corrected chi connectivity index (χ3v) is 3.15. The van der Waals surface area contributed by atoms with Crippen molar-refractivity contribution in [3.05, 3.63) is 54.0 Å². The molecule has 3 aromatic rings. The van der Waals surface area contributed by atoms with Gasteiger partial charge in [-0.2, -0.15) is 5.10 Å². The fourth-order valence-corrected chi connectivity index (χ4v) is 2.02. The summed E-state index contributed by atoms with van der Waals surface area (Å²) >= 11 is 0. The topological polar surface area (TPSA) is 92.8 Å². The highest BCUT2D eigenvalue weighted by molar-refractivity contribution is 5.90. The first-order valence-corrected chi connectivity index (χ1v) is 6.75. The molecule has 24 heavy (non-hydrogen) atoms. The van der Waals surface area contributed by atoms with E-state index in [0.717, 1.165) is 19.4 Å². The Balaban J connectivity index is 1.96. The second-order valence-corrected chi connectivity index (χ2v) is 4.69. The quantitative estimate of drug-likeness (QED) is 0.714. The largest absolute Gasteiger partial charge is 0.465 e. The second kappa shape index (κ2) is 6.41. The van der Waals surface area contributed by atoms with Gasteiger partial charge in [0.1, 0.15) is 11.5 Å². The van der Waals surface area contributed by atoms with Gasteiger partial charge in [-0.25, -0.2) is 23.5 Å². The molecule has 0 bridgehead atoms. The van der Waals surface area contributed by atoms with E-state index in [-0.39, 0.29) is 22.8 Å². The van der Waals surface area contributed by atoms with Gasteiger partial charge in [-0.15, -0.1) is 0 Å². The number of carbonyl (C=O) groups excluding carboxylic acids is 1. The molecule has 0 saturated carbocycles. The predicted octanol–water partition coefficient (Wildman–Crippen LogP) is 2.68. The lowest BCUT2D eigenvalue weighted by molar-refractivity contribution is 0.0595. The molecular weight excluding hydrogens is 320 g/mol. The zero-order valence-corrected chi connectivity index (χ0v) is 12.4. The molecule has 0 atom stereocenters. The van der Waals surface area contributed by atoms with Crippen molar-refractivity contribution in [3.8, 4) is 11.3 Å². The van der Waals surface area contributed by atoms with Gasteiger partial charge >= 0.3 is 5.97 Å². The minimum Gasteiger partial charge on any atom is -0.465 e. The minimum atomic E-state index is -0.832. The van der Waals surface area contributed by atoms with Crippen LogP contribution in [0.3, 0.4) is 0 Å². The minimum absolute atomic E-state index is 0.105. The zero-order chi connectivity index (χ0) is 17.1. The number of halogens is 2. The second-order valence-electron chi connectivity index (χ2n) is 4.69. The van der Waals surface area contributed by atoms with E-state index in [1.165, 1.54) is 18.3 Å². The normalized spacial score (nSPS) is 10.5. The van der Waals surface area contributed by atoms with Gasteiger partial charge in [0.05, 0.1) is 30.8 Å². The number of hydrogen-bond acceptors (Lipinski definition) is 6. The van der Waals surface area contributed by atoms with Crippen LogP contribution < -0.4 is 5.32 Å². The smallest absolute Gasteiger partial charge is 0.340 e. The first-order chi connectivity index (χ1) is 11.6. The van der Waals surface area contributed by atoms with Crippen molar-refractivity contribution in [2.24, 2.45) is 0 Å². The van der Waals surface area contributed by atoms with Crippen molar-refractivity contribution < 1.29 is 18.3 Å². The first kappa shape index (κ1) is 15.5. The predicted molar refractivity (Wildman–Crippen MR) is 80.6 cm³/mol. The lowest BCUT2D eigenvalue weighted by Crippen LogP contribution is -2.05. The number of methoxy groups -OCH3 is 1. The third kappa shape index (κ3) is 3.05. The summed E-state index contributed by atoms with van der Waals surface area (Å²) in [5.41, 5.74) is 0.397. The van der Waals surface area contributed by atoms with Gasteiger partial charge < -0.3 is 10.1 Å². The molecule has 7 nitrogen and oxygen atoms in total. The molecular formula is C15H11F2N5O2. The number of ether oxygens (including phenoxy) is 1. The number of nitrogens with zero attached hydrogens (tertiary/aromatic N) is 3. The molecule has 2 aromatic heterocycles. The molecule has 9 heteroatoms. The Labute approximate surface area is 134 Å². The van der Waals surface area contributed by atoms with Crippen LogP contribution >= 0.6 is 0 Å². The van der Waals surface area contributed by atoms with Crippen LogP contribution in [-0.4, -0.2) is 33.2 Å². The SMILES string of the molecule is COC(=O)c1ccc(-c2nc(Nc3cn[nH]c3)ncc2F)cc1F. The molecule has 0 aliphatic rings. The molecule has 0 fully saturated rings. The maximum atomic E-state index is 14.0. The number of nitrogens with one attached hydrogen (secondary N) is 2. The highest BCUT2D eigenvalue weighted by Crippen LogP contribution is 2.24. The molecule has 2 N–H and O–H groups in total. The fourth-order valence-electron chi connectivity index (χ4n) is 2.02. The summed E-state index contributed by atoms with van der Waals surface area (Å²) in [5, 5.41) is 9.18. The Morgan fingerprint density at radius 3 is 2.75 bits per heavy atom. The third-order valence-electron chi connectivity index (χ3n) is 3.15. The van der Waals surface area contributed by atoms with Crippen LogP contribution in [0.25, 0.3) is 11.3 Å². The van der Waals surface area contributed by atoms with E-state index < -0.39 is 17.6 Å². The first-order valence-electron chi connectivity index (χ1n) is 6.75. The fraction of sp³-hybridized carbons (Fsp3) is 0.0667. The van der Waals surface area contributed by atoms with E-state index in [1.807, 2.05) is 0 Å². The monoisotopic (exact) mass is 331 g/mol. The van der Waals surface area contributed by atoms with Gasteiger partial charge in [-0.1, -0.05) is 6.07 Å². The van der Waals surface area contributed by atoms with Crippen LogP contribution in [0.15, 0.2) is 36.8 Å². The maximum Gasteiger partial charge on any atom is 0.340 e.